The maximum atomic E-state index is 10.6. The molecule has 126 valence electrons. The van der Waals surface area contributed by atoms with Crippen LogP contribution in [0.3, 0.4) is 0 Å². The molecule has 0 fully saturated rings. The van der Waals surface area contributed by atoms with Gasteiger partial charge in [0.25, 0.3) is 0 Å². The van der Waals surface area contributed by atoms with Gasteiger partial charge in [0, 0.05) is 88.7 Å². The van der Waals surface area contributed by atoms with Crippen molar-refractivity contribution in [2.24, 2.45) is 0 Å². The fourth-order valence-corrected chi connectivity index (χ4v) is 1.48. The Hall–Kier alpha value is 0.294. The molecule has 0 atom stereocenters. The first-order valence-electron chi connectivity index (χ1n) is 5.52. The molecule has 0 aromatic rings. The number of nitrogens with zero attached hydrogens (tertiary/aromatic N) is 2. The zero-order valence-electron chi connectivity index (χ0n) is 12.9. The van der Waals surface area contributed by atoms with E-state index in [1.165, 1.54) is 0 Å². The zero-order valence-corrected chi connectivity index (χ0v) is 17.9. The minimum absolute atomic E-state index is 0. The van der Waals surface area contributed by atoms with Crippen LogP contribution in [0.1, 0.15) is 0 Å². The summed E-state index contributed by atoms with van der Waals surface area (Å²) in [6.07, 6.45) is 0. The Balaban J connectivity index is -0.000000602. The maximum absolute atomic E-state index is 10.6. The number of rotatable bonds is 11. The molecule has 0 aliphatic heterocycles. The van der Waals surface area contributed by atoms with Crippen molar-refractivity contribution in [1.82, 2.24) is 9.80 Å². The van der Waals surface area contributed by atoms with Crippen LogP contribution in [-0.2, 0) is 35.7 Å². The van der Waals surface area contributed by atoms with Crippen molar-refractivity contribution in [3.63, 3.8) is 0 Å². The molecule has 23 heavy (non-hydrogen) atoms. The number of carbonyl (C=O) groups is 4. The van der Waals surface area contributed by atoms with E-state index in [0.717, 1.165) is 9.80 Å². The van der Waals surface area contributed by atoms with Gasteiger partial charge in [-0.25, -0.2) is 0 Å². The van der Waals surface area contributed by atoms with Crippen LogP contribution in [0.4, 0.5) is 0 Å². The molecule has 0 bridgehead atoms. The second-order valence-corrected chi connectivity index (χ2v) is 4.00. The van der Waals surface area contributed by atoms with Gasteiger partial charge in [0.1, 0.15) is 0 Å². The Morgan fingerprint density at radius 2 is 0.739 bits per heavy atom. The Bertz CT molecular complexity index is 331. The largest absolute Gasteiger partial charge is 0.480 e. The van der Waals surface area contributed by atoms with E-state index in [1.54, 1.807) is 0 Å². The first-order valence-corrected chi connectivity index (χ1v) is 5.52. The van der Waals surface area contributed by atoms with Gasteiger partial charge in [-0.05, 0) is 0 Å². The van der Waals surface area contributed by atoms with Crippen molar-refractivity contribution in [3.05, 3.63) is 0 Å². The molecule has 0 amide bonds. The topological polar surface area (TPSA) is 156 Å². The minimum atomic E-state index is -1.23. The number of hydrogen-bond donors (Lipinski definition) is 4. The van der Waals surface area contributed by atoms with Crippen molar-refractivity contribution in [2.45, 2.75) is 0 Å². The van der Waals surface area contributed by atoms with E-state index in [-0.39, 0.29) is 88.7 Å². The second kappa shape index (κ2) is 17.1. The van der Waals surface area contributed by atoms with Gasteiger partial charge in [-0.15, -0.1) is 0 Å². The van der Waals surface area contributed by atoms with Crippen molar-refractivity contribution < 1.29 is 56.1 Å². The summed E-state index contributed by atoms with van der Waals surface area (Å²) in [5, 5.41) is 34.5. The second-order valence-electron chi connectivity index (χ2n) is 4.00. The van der Waals surface area contributed by atoms with Crippen LogP contribution in [0.25, 0.3) is 0 Å². The van der Waals surface area contributed by atoms with Crippen LogP contribution in [-0.4, -0.2) is 152 Å². The van der Waals surface area contributed by atoms with Crippen LogP contribution in [0.2, 0.25) is 0 Å². The zero-order chi connectivity index (χ0) is 15.7. The number of aliphatic carboxylic acids is 4. The van der Waals surface area contributed by atoms with Crippen molar-refractivity contribution >= 4 is 83.0 Å². The third kappa shape index (κ3) is 20.2. The molecule has 13 heteroatoms. The summed E-state index contributed by atoms with van der Waals surface area (Å²) in [5.74, 6) is -4.91. The van der Waals surface area contributed by atoms with Crippen LogP contribution in [0.5, 0.6) is 0 Å². The predicted octanol–water partition coefficient (Wildman–Crippen LogP) is -2.84. The first kappa shape index (κ1) is 31.1. The maximum Gasteiger partial charge on any atom is 0.317 e. The molecule has 0 saturated carbocycles. The average Bonchev–Trinajstić information content (AvgIpc) is 2.22. The SMILES string of the molecule is O=C(O)CN(CCN(CC(=O)O)CC(=O)O)CC(=O)O.[Na].[Na].[Ni]. The summed E-state index contributed by atoms with van der Waals surface area (Å²) < 4.78 is 0. The fraction of sp³-hybridized carbons (Fsp3) is 0.600. The Kier molecular flexibility index (Phi) is 23.2. The summed E-state index contributed by atoms with van der Waals surface area (Å²) in [7, 11) is 0. The van der Waals surface area contributed by atoms with Gasteiger partial charge in [-0.2, -0.15) is 0 Å². The van der Waals surface area contributed by atoms with E-state index < -0.39 is 50.1 Å². The van der Waals surface area contributed by atoms with Crippen LogP contribution in [0.15, 0.2) is 0 Å². The monoisotopic (exact) mass is 396 g/mol. The van der Waals surface area contributed by atoms with Gasteiger partial charge >= 0.3 is 23.9 Å². The summed E-state index contributed by atoms with van der Waals surface area (Å²) >= 11 is 0. The molecule has 0 aliphatic rings. The van der Waals surface area contributed by atoms with Crippen LogP contribution >= 0.6 is 0 Å². The molecule has 0 unspecified atom stereocenters. The molecule has 0 aromatic carbocycles. The van der Waals surface area contributed by atoms with Gasteiger partial charge in [-0.1, -0.05) is 0 Å². The molecule has 0 heterocycles. The molecule has 0 aliphatic carbocycles. The molecule has 0 saturated heterocycles. The molecule has 10 nitrogen and oxygen atoms in total. The molecule has 4 N–H and O–H groups in total. The van der Waals surface area contributed by atoms with E-state index in [1.807, 2.05) is 0 Å². The molecule has 0 rings (SSSR count). The number of hydrogen-bond acceptors (Lipinski definition) is 6. The van der Waals surface area contributed by atoms with Gasteiger partial charge in [-0.3, -0.25) is 29.0 Å². The summed E-state index contributed by atoms with van der Waals surface area (Å²) in [4.78, 5) is 44.4. The fourth-order valence-electron chi connectivity index (χ4n) is 1.48. The van der Waals surface area contributed by atoms with Gasteiger partial charge in [0.2, 0.25) is 0 Å². The molecule has 0 spiro atoms. The van der Waals surface area contributed by atoms with Crippen LogP contribution in [0, 0.1) is 0 Å². The smallest absolute Gasteiger partial charge is 0.317 e. The summed E-state index contributed by atoms with van der Waals surface area (Å²) in [6, 6.07) is 0. The average molecular weight is 397 g/mol. The summed E-state index contributed by atoms with van der Waals surface area (Å²) in [5.41, 5.74) is 0. The molecular weight excluding hydrogens is 381 g/mol. The third-order valence-corrected chi connectivity index (χ3v) is 2.17. The minimum Gasteiger partial charge on any atom is -0.480 e. The normalized spacial score (nSPS) is 9.30. The Labute approximate surface area is 186 Å². The van der Waals surface area contributed by atoms with Crippen molar-refractivity contribution in [1.29, 1.82) is 0 Å². The molecule has 0 aromatic heterocycles. The molecular formula is C10H16N2Na2NiO8. The Morgan fingerprint density at radius 1 is 0.565 bits per heavy atom. The van der Waals surface area contributed by atoms with E-state index >= 15 is 0 Å². The summed E-state index contributed by atoms with van der Waals surface area (Å²) in [6.45, 7) is -2.25. The van der Waals surface area contributed by atoms with E-state index in [0.29, 0.717) is 0 Å². The predicted molar refractivity (Wildman–Crippen MR) is 74.9 cm³/mol. The van der Waals surface area contributed by atoms with E-state index in [9.17, 15) is 19.2 Å². The van der Waals surface area contributed by atoms with E-state index in [2.05, 4.69) is 0 Å². The first-order chi connectivity index (χ1) is 9.20. The quantitative estimate of drug-likeness (QED) is 0.268. The van der Waals surface area contributed by atoms with Gasteiger partial charge in [0.05, 0.1) is 26.2 Å². The number of carboxylic acids is 4. The molecule has 2 radical (unpaired) electrons. The standard InChI is InChI=1S/C10H16N2O8.2Na.Ni/c13-7(14)3-11(4-8(15)16)1-2-12(5-9(17)18)6-10(19)20;;;/h1-6H2,(H,13,14)(H,15,16)(H,17,18)(H,19,20);;;. The van der Waals surface area contributed by atoms with Gasteiger partial charge in [0.15, 0.2) is 0 Å². The van der Waals surface area contributed by atoms with Crippen LogP contribution < -0.4 is 0 Å². The number of carboxylic acid groups (broad SMARTS) is 4. The van der Waals surface area contributed by atoms with Crippen molar-refractivity contribution in [3.8, 4) is 0 Å². The van der Waals surface area contributed by atoms with Crippen molar-refractivity contribution in [2.75, 3.05) is 39.3 Å². The third-order valence-electron chi connectivity index (χ3n) is 2.17. The van der Waals surface area contributed by atoms with E-state index in [4.69, 9.17) is 20.4 Å². The van der Waals surface area contributed by atoms with Gasteiger partial charge < -0.3 is 20.4 Å². The Morgan fingerprint density at radius 3 is 0.870 bits per heavy atom.